The van der Waals surface area contributed by atoms with Crippen LogP contribution in [0.3, 0.4) is 0 Å². The molecule has 0 saturated carbocycles. The molecular weight excluding hydrogens is 494 g/mol. The number of halogens is 1. The lowest BCUT2D eigenvalue weighted by Crippen LogP contribution is -2.38. The van der Waals surface area contributed by atoms with Crippen molar-refractivity contribution in [1.82, 2.24) is 0 Å². The van der Waals surface area contributed by atoms with Crippen LogP contribution in [0, 0.1) is 0 Å². The number of carbonyl (C=O) groups excluding carboxylic acids is 2. The van der Waals surface area contributed by atoms with Crippen molar-refractivity contribution in [2.45, 2.75) is 32.7 Å². The monoisotopic (exact) mass is 521 g/mol. The van der Waals surface area contributed by atoms with Crippen LogP contribution in [0.2, 0.25) is 5.02 Å². The third kappa shape index (κ3) is 4.17. The van der Waals surface area contributed by atoms with Gasteiger partial charge in [-0.3, -0.25) is 14.6 Å². The molecule has 0 fully saturated rings. The summed E-state index contributed by atoms with van der Waals surface area (Å²) in [7, 11) is 0. The van der Waals surface area contributed by atoms with Crippen LogP contribution >= 0.6 is 11.6 Å². The highest BCUT2D eigenvalue weighted by atomic mass is 35.5. The van der Waals surface area contributed by atoms with Crippen molar-refractivity contribution in [3.8, 4) is 0 Å². The summed E-state index contributed by atoms with van der Waals surface area (Å²) in [5.74, 6) is 0.0677. The second-order valence-corrected chi connectivity index (χ2v) is 10.2. The molecule has 6 rings (SSSR count). The molecule has 0 aromatic heterocycles. The largest absolute Gasteiger partial charge is 0.312 e. The molecule has 2 amide bonds. The van der Waals surface area contributed by atoms with Crippen LogP contribution in [0.4, 0.5) is 11.4 Å². The minimum absolute atomic E-state index is 0.0363. The van der Waals surface area contributed by atoms with Gasteiger partial charge in [-0.2, -0.15) is 0 Å². The van der Waals surface area contributed by atoms with Crippen molar-refractivity contribution in [3.63, 3.8) is 0 Å². The molecule has 2 heterocycles. The van der Waals surface area contributed by atoms with Gasteiger partial charge >= 0.3 is 0 Å². The van der Waals surface area contributed by atoms with Crippen LogP contribution < -0.4 is 9.80 Å². The molecule has 0 spiro atoms. The molecule has 0 aliphatic carbocycles. The van der Waals surface area contributed by atoms with Gasteiger partial charge in [0.25, 0.3) is 5.91 Å². The minimum Gasteiger partial charge on any atom is -0.312 e. The van der Waals surface area contributed by atoms with E-state index in [0.29, 0.717) is 31.0 Å². The molecule has 1 atom stereocenters. The average Bonchev–Trinajstić information content (AvgIpc) is 3.20. The van der Waals surface area contributed by atoms with E-state index < -0.39 is 6.04 Å². The Morgan fingerprint density at radius 2 is 1.63 bits per heavy atom. The molecule has 4 aromatic rings. The number of likely N-dealkylation sites (N-methyl/N-ethyl adjacent to an activating group) is 2. The number of benzene rings is 4. The van der Waals surface area contributed by atoms with Gasteiger partial charge in [0, 0.05) is 41.3 Å². The zero-order valence-corrected chi connectivity index (χ0v) is 22.2. The zero-order chi connectivity index (χ0) is 26.4. The number of aliphatic imine (C=N–C) groups is 1. The fraction of sp³-hybridized carbons (Fsp3) is 0.219. The quantitative estimate of drug-likeness (QED) is 0.313. The summed E-state index contributed by atoms with van der Waals surface area (Å²) >= 11 is 6.48. The third-order valence-electron chi connectivity index (χ3n) is 7.51. The first-order valence-corrected chi connectivity index (χ1v) is 13.4. The van der Waals surface area contributed by atoms with Gasteiger partial charge in [0.05, 0.1) is 17.8 Å². The number of rotatable bonds is 5. The highest BCUT2D eigenvalue weighted by molar-refractivity contribution is 6.32. The predicted molar refractivity (Wildman–Crippen MR) is 155 cm³/mol. The summed E-state index contributed by atoms with van der Waals surface area (Å²) in [6.07, 6.45) is 0.890. The normalized spacial score (nSPS) is 16.9. The number of benzodiazepines with no additional fused rings is 1. The number of hydrogen-bond acceptors (Lipinski definition) is 3. The molecule has 2 aliphatic heterocycles. The summed E-state index contributed by atoms with van der Waals surface area (Å²) in [4.78, 5) is 35.2. The molecule has 0 radical (unpaired) electrons. The Morgan fingerprint density at radius 3 is 2.42 bits per heavy atom. The average molecular weight is 522 g/mol. The lowest BCUT2D eigenvalue weighted by molar-refractivity contribution is -0.119. The fourth-order valence-electron chi connectivity index (χ4n) is 5.64. The van der Waals surface area contributed by atoms with E-state index in [-0.39, 0.29) is 11.8 Å². The molecule has 0 N–H and O–H groups in total. The lowest BCUT2D eigenvalue weighted by atomic mass is 9.98. The second-order valence-electron chi connectivity index (χ2n) is 9.78. The molecule has 6 heteroatoms. The standard InChI is InChI=1S/C32H28ClN3O2/c1-3-35-29-17-24(12-11-23(29)18-30(35)37)31-26-19-25(33)13-14-28(26)36(4-2)32(38)27(34-31)16-20-9-10-21-7-5-6-8-22(21)15-20/h5-15,17,19,27H,3-4,16,18H2,1-2H3. The first-order chi connectivity index (χ1) is 18.5. The summed E-state index contributed by atoms with van der Waals surface area (Å²) < 4.78 is 0. The lowest BCUT2D eigenvalue weighted by Gasteiger charge is -2.24. The second kappa shape index (κ2) is 9.73. The molecule has 190 valence electrons. The van der Waals surface area contributed by atoms with Crippen molar-refractivity contribution in [2.75, 3.05) is 22.9 Å². The van der Waals surface area contributed by atoms with E-state index in [1.54, 1.807) is 0 Å². The third-order valence-corrected chi connectivity index (χ3v) is 7.74. The highest BCUT2D eigenvalue weighted by Gasteiger charge is 2.33. The van der Waals surface area contributed by atoms with Crippen molar-refractivity contribution < 1.29 is 9.59 Å². The van der Waals surface area contributed by atoms with Gasteiger partial charge < -0.3 is 9.80 Å². The molecular formula is C32H28ClN3O2. The Labute approximate surface area is 227 Å². The van der Waals surface area contributed by atoms with E-state index in [4.69, 9.17) is 16.6 Å². The zero-order valence-electron chi connectivity index (χ0n) is 21.4. The van der Waals surface area contributed by atoms with E-state index in [1.165, 1.54) is 0 Å². The van der Waals surface area contributed by atoms with Crippen LogP contribution in [0.1, 0.15) is 36.1 Å². The number of nitrogens with zero attached hydrogens (tertiary/aromatic N) is 3. The molecule has 5 nitrogen and oxygen atoms in total. The maximum Gasteiger partial charge on any atom is 0.252 e. The Balaban J connectivity index is 1.50. The van der Waals surface area contributed by atoms with Crippen molar-refractivity contribution >= 4 is 51.3 Å². The number of anilines is 2. The highest BCUT2D eigenvalue weighted by Crippen LogP contribution is 2.35. The van der Waals surface area contributed by atoms with Gasteiger partial charge in [0.1, 0.15) is 6.04 Å². The predicted octanol–water partition coefficient (Wildman–Crippen LogP) is 6.22. The number of carbonyl (C=O) groups is 2. The topological polar surface area (TPSA) is 53.0 Å². The van der Waals surface area contributed by atoms with Crippen molar-refractivity contribution in [2.24, 2.45) is 4.99 Å². The van der Waals surface area contributed by atoms with Gasteiger partial charge in [-0.25, -0.2) is 0 Å². The van der Waals surface area contributed by atoms with E-state index in [1.807, 2.05) is 72.2 Å². The molecule has 0 bridgehead atoms. The van der Waals surface area contributed by atoms with Gasteiger partial charge in [-0.15, -0.1) is 0 Å². The first-order valence-electron chi connectivity index (χ1n) is 13.1. The van der Waals surface area contributed by atoms with E-state index in [9.17, 15) is 9.59 Å². The van der Waals surface area contributed by atoms with E-state index in [2.05, 4.69) is 30.3 Å². The molecule has 1 unspecified atom stereocenters. The molecule has 2 aliphatic rings. The summed E-state index contributed by atoms with van der Waals surface area (Å²) in [5, 5.41) is 2.89. The Bertz CT molecular complexity index is 1630. The Kier molecular flexibility index (Phi) is 6.24. The summed E-state index contributed by atoms with van der Waals surface area (Å²) in [6, 6.07) is 25.6. The van der Waals surface area contributed by atoms with E-state index >= 15 is 0 Å². The molecule has 38 heavy (non-hydrogen) atoms. The van der Waals surface area contributed by atoms with Crippen molar-refractivity contribution in [1.29, 1.82) is 0 Å². The van der Waals surface area contributed by atoms with E-state index in [0.717, 1.165) is 50.1 Å². The Hall–Kier alpha value is -3.96. The van der Waals surface area contributed by atoms with Crippen LogP contribution in [0.15, 0.2) is 83.9 Å². The van der Waals surface area contributed by atoms with Crippen LogP contribution in [0.5, 0.6) is 0 Å². The summed E-state index contributed by atoms with van der Waals surface area (Å²) in [6.45, 7) is 5.09. The van der Waals surface area contributed by atoms with Crippen LogP contribution in [-0.2, 0) is 22.4 Å². The fourth-order valence-corrected chi connectivity index (χ4v) is 5.81. The van der Waals surface area contributed by atoms with Gasteiger partial charge in [0.15, 0.2) is 0 Å². The Morgan fingerprint density at radius 1 is 0.842 bits per heavy atom. The number of hydrogen-bond donors (Lipinski definition) is 0. The SMILES string of the molecule is CCN1C(=O)Cc2ccc(C3=NC(Cc4ccc5ccccc5c4)C(=O)N(CC)c4ccc(Cl)cc43)cc21. The van der Waals surface area contributed by atoms with Gasteiger partial charge in [0.2, 0.25) is 5.91 Å². The van der Waals surface area contributed by atoms with Crippen molar-refractivity contribution in [3.05, 3.63) is 106 Å². The van der Waals surface area contributed by atoms with Gasteiger partial charge in [-0.05, 0) is 60.0 Å². The van der Waals surface area contributed by atoms with Gasteiger partial charge in [-0.1, -0.05) is 66.2 Å². The first kappa shape index (κ1) is 24.4. The smallest absolute Gasteiger partial charge is 0.252 e. The number of fused-ring (bicyclic) bond motifs is 3. The summed E-state index contributed by atoms with van der Waals surface area (Å²) in [5.41, 5.74) is 6.19. The minimum atomic E-state index is -0.602. The maximum atomic E-state index is 13.9. The maximum absolute atomic E-state index is 13.9. The number of amides is 2. The molecule has 0 saturated heterocycles. The van der Waals surface area contributed by atoms with Crippen LogP contribution in [-0.4, -0.2) is 36.7 Å². The van der Waals surface area contributed by atoms with Crippen LogP contribution in [0.25, 0.3) is 10.8 Å². The molecule has 4 aromatic carbocycles.